The summed E-state index contributed by atoms with van der Waals surface area (Å²) in [5, 5.41) is 0. The van der Waals surface area contributed by atoms with E-state index in [2.05, 4.69) is 0 Å². The second-order valence-electron chi connectivity index (χ2n) is 3.77. The maximum Gasteiger partial charge on any atom is 0.187 e. The van der Waals surface area contributed by atoms with Gasteiger partial charge in [-0.3, -0.25) is 0 Å². The fourth-order valence-electron chi connectivity index (χ4n) is 2.09. The maximum atomic E-state index is 5.65. The van der Waals surface area contributed by atoms with Crippen LogP contribution in [0.3, 0.4) is 0 Å². The smallest absolute Gasteiger partial charge is 0.187 e. The molecule has 0 aromatic heterocycles. The molecule has 5 heteroatoms. The molecule has 2 bridgehead atoms. The Morgan fingerprint density at radius 3 is 3.00 bits per heavy atom. The third-order valence-corrected chi connectivity index (χ3v) is 2.85. The van der Waals surface area contributed by atoms with Crippen LogP contribution in [0.1, 0.15) is 0 Å². The van der Waals surface area contributed by atoms with Crippen molar-refractivity contribution in [3.05, 3.63) is 0 Å². The predicted molar refractivity (Wildman–Crippen MR) is 44.9 cm³/mol. The average Bonchev–Trinajstić information content (AvgIpc) is 2.87. The zero-order chi connectivity index (χ0) is 9.54. The molecule has 0 unspecified atom stereocenters. The van der Waals surface area contributed by atoms with Gasteiger partial charge in [-0.15, -0.1) is 0 Å². The van der Waals surface area contributed by atoms with Crippen molar-refractivity contribution in [1.29, 1.82) is 0 Å². The monoisotopic (exact) mass is 202 g/mol. The summed E-state index contributed by atoms with van der Waals surface area (Å²) in [7, 11) is 1.66. The largest absolute Gasteiger partial charge is 0.382 e. The van der Waals surface area contributed by atoms with Crippen molar-refractivity contribution in [2.45, 2.75) is 30.7 Å². The Morgan fingerprint density at radius 1 is 1.21 bits per heavy atom. The number of epoxide rings is 1. The second-order valence-corrected chi connectivity index (χ2v) is 3.77. The molecule has 80 valence electrons. The van der Waals surface area contributed by atoms with E-state index >= 15 is 0 Å². The van der Waals surface area contributed by atoms with Crippen LogP contribution in [0.4, 0.5) is 0 Å². The van der Waals surface area contributed by atoms with Gasteiger partial charge in [0, 0.05) is 7.11 Å². The van der Waals surface area contributed by atoms with Crippen molar-refractivity contribution < 1.29 is 23.7 Å². The number of hydrogen-bond donors (Lipinski definition) is 0. The molecule has 3 rings (SSSR count). The van der Waals surface area contributed by atoms with Crippen LogP contribution >= 0.6 is 0 Å². The molecule has 3 saturated heterocycles. The lowest BCUT2D eigenvalue weighted by atomic mass is 10.1. The molecule has 3 fully saturated rings. The van der Waals surface area contributed by atoms with Gasteiger partial charge in [0.2, 0.25) is 0 Å². The summed E-state index contributed by atoms with van der Waals surface area (Å²) < 4.78 is 27.0. The lowest BCUT2D eigenvalue weighted by Gasteiger charge is -2.24. The third-order valence-electron chi connectivity index (χ3n) is 2.85. The third kappa shape index (κ3) is 1.36. The van der Waals surface area contributed by atoms with Crippen LogP contribution in [0.2, 0.25) is 0 Å². The van der Waals surface area contributed by atoms with E-state index in [1.54, 1.807) is 7.11 Å². The number of fused-ring (bicyclic) bond motifs is 4. The molecule has 0 spiro atoms. The van der Waals surface area contributed by atoms with Crippen LogP contribution in [0.15, 0.2) is 0 Å². The number of rotatable bonds is 4. The minimum Gasteiger partial charge on any atom is -0.382 e. The van der Waals surface area contributed by atoms with Crippen molar-refractivity contribution in [2.75, 3.05) is 26.9 Å². The second kappa shape index (κ2) is 3.43. The molecule has 0 N–H and O–H groups in total. The molecule has 0 aromatic rings. The summed E-state index contributed by atoms with van der Waals surface area (Å²) >= 11 is 0. The zero-order valence-electron chi connectivity index (χ0n) is 8.05. The van der Waals surface area contributed by atoms with Crippen LogP contribution in [0, 0.1) is 0 Å². The Kier molecular flexibility index (Phi) is 2.22. The molecular weight excluding hydrogens is 188 g/mol. The lowest BCUT2D eigenvalue weighted by Crippen LogP contribution is -2.42. The summed E-state index contributed by atoms with van der Waals surface area (Å²) in [6.07, 6.45) is 0.196. The molecule has 0 amide bonds. The van der Waals surface area contributed by atoms with Crippen molar-refractivity contribution in [2.24, 2.45) is 0 Å². The van der Waals surface area contributed by atoms with Crippen LogP contribution in [-0.2, 0) is 23.7 Å². The van der Waals surface area contributed by atoms with Gasteiger partial charge in [-0.2, -0.15) is 0 Å². The topological polar surface area (TPSA) is 49.5 Å². The molecule has 3 aliphatic rings. The molecule has 0 aromatic carbocycles. The highest BCUT2D eigenvalue weighted by Crippen LogP contribution is 2.42. The molecule has 3 aliphatic heterocycles. The summed E-state index contributed by atoms with van der Waals surface area (Å²) in [5.74, 6) is 0. The summed E-state index contributed by atoms with van der Waals surface area (Å²) in [6.45, 7) is 1.81. The molecule has 0 aliphatic carbocycles. The van der Waals surface area contributed by atoms with Crippen LogP contribution < -0.4 is 0 Å². The molecule has 0 radical (unpaired) electrons. The highest BCUT2D eigenvalue weighted by molar-refractivity contribution is 5.04. The molecule has 5 atom stereocenters. The fraction of sp³-hybridized carbons (Fsp3) is 1.00. The number of methoxy groups -OCH3 is 1. The van der Waals surface area contributed by atoms with E-state index in [9.17, 15) is 0 Å². The first kappa shape index (κ1) is 9.06. The molecular formula is C9H14O5. The maximum absolute atomic E-state index is 5.65. The van der Waals surface area contributed by atoms with Crippen molar-refractivity contribution in [3.8, 4) is 0 Å². The van der Waals surface area contributed by atoms with E-state index in [1.807, 2.05) is 0 Å². The van der Waals surface area contributed by atoms with Gasteiger partial charge in [0.15, 0.2) is 6.29 Å². The van der Waals surface area contributed by atoms with Gasteiger partial charge in [0.25, 0.3) is 0 Å². The van der Waals surface area contributed by atoms with Crippen molar-refractivity contribution >= 4 is 0 Å². The van der Waals surface area contributed by atoms with E-state index in [4.69, 9.17) is 23.7 Å². The molecule has 3 heterocycles. The Morgan fingerprint density at radius 2 is 2.14 bits per heavy atom. The van der Waals surface area contributed by atoms with Crippen molar-refractivity contribution in [3.63, 3.8) is 0 Å². The van der Waals surface area contributed by atoms with E-state index in [1.165, 1.54) is 0 Å². The normalized spacial score (nSPS) is 49.1. The van der Waals surface area contributed by atoms with Gasteiger partial charge >= 0.3 is 0 Å². The van der Waals surface area contributed by atoms with Crippen molar-refractivity contribution in [1.82, 2.24) is 0 Å². The van der Waals surface area contributed by atoms with Crippen LogP contribution in [0.5, 0.6) is 0 Å². The van der Waals surface area contributed by atoms with Gasteiger partial charge in [-0.1, -0.05) is 0 Å². The van der Waals surface area contributed by atoms with Gasteiger partial charge in [-0.05, 0) is 0 Å². The van der Waals surface area contributed by atoms with E-state index in [0.717, 1.165) is 0 Å². The Labute approximate surface area is 82.2 Å². The summed E-state index contributed by atoms with van der Waals surface area (Å²) in [4.78, 5) is 0. The first-order valence-electron chi connectivity index (χ1n) is 4.93. The average molecular weight is 202 g/mol. The summed E-state index contributed by atoms with van der Waals surface area (Å²) in [6, 6.07) is 0. The highest BCUT2D eigenvalue weighted by Gasteiger charge is 2.62. The first-order chi connectivity index (χ1) is 6.90. The molecule has 0 saturated carbocycles. The molecule has 5 nitrogen and oxygen atoms in total. The quantitative estimate of drug-likeness (QED) is 0.456. The van der Waals surface area contributed by atoms with Crippen LogP contribution in [-0.4, -0.2) is 57.6 Å². The van der Waals surface area contributed by atoms with Gasteiger partial charge in [0.1, 0.15) is 24.4 Å². The number of ether oxygens (including phenoxy) is 5. The lowest BCUT2D eigenvalue weighted by molar-refractivity contribution is -0.121. The van der Waals surface area contributed by atoms with Gasteiger partial charge in [-0.25, -0.2) is 0 Å². The SMILES string of the molecule is COCCO[C@H]1[C@@H]2O[C@@H]2[C@@H]2OC[C@H]1O2. The predicted octanol–water partition coefficient (Wildman–Crippen LogP) is -0.460. The Balaban J connectivity index is 1.57. The zero-order valence-corrected chi connectivity index (χ0v) is 8.05. The minimum atomic E-state index is -0.146. The van der Waals surface area contributed by atoms with E-state index in [-0.39, 0.29) is 30.7 Å². The standard InChI is InChI=1S/C9H14O5/c1-10-2-3-11-6-5-4-12-9(13-5)8-7(6)14-8/h5-9H,2-4H2,1H3/t5-,6-,7+,8+,9-/m1/s1. The van der Waals surface area contributed by atoms with Gasteiger partial charge in [0.05, 0.1) is 19.8 Å². The van der Waals surface area contributed by atoms with E-state index < -0.39 is 0 Å². The molecule has 14 heavy (non-hydrogen) atoms. The van der Waals surface area contributed by atoms with Crippen LogP contribution in [0.25, 0.3) is 0 Å². The van der Waals surface area contributed by atoms with E-state index in [0.29, 0.717) is 19.8 Å². The first-order valence-corrected chi connectivity index (χ1v) is 4.93. The Bertz CT molecular complexity index is 221. The highest BCUT2D eigenvalue weighted by atomic mass is 16.8. The fourth-order valence-corrected chi connectivity index (χ4v) is 2.09. The number of hydrogen-bond acceptors (Lipinski definition) is 5. The minimum absolute atomic E-state index is 0.0221. The Hall–Kier alpha value is -0.200. The van der Waals surface area contributed by atoms with Gasteiger partial charge < -0.3 is 23.7 Å². The summed E-state index contributed by atoms with van der Waals surface area (Å²) in [5.41, 5.74) is 0.